The molecule has 2 aromatic rings. The third-order valence-electron chi connectivity index (χ3n) is 4.41. The first-order valence-electron chi connectivity index (χ1n) is 9.22. The van der Waals surface area contributed by atoms with Crippen molar-refractivity contribution in [3.8, 4) is 5.75 Å². The van der Waals surface area contributed by atoms with Crippen LogP contribution in [0.15, 0.2) is 28.7 Å². The standard InChI is InChI=1S/C19H24N4O4/c1-11(20-12(2)24)9-26-18-8-16(22-23-18)19-21-15-7-14(5-6-17(15)27-19)25-10-13-3-4-13/h5-8,11,13,18,22-23H,3-4,9-10H2,1-2H3,(H,20,24)/t11-,18?/m0/s1. The average molecular weight is 372 g/mol. The van der Waals surface area contributed by atoms with Gasteiger partial charge in [-0.2, -0.15) is 0 Å². The summed E-state index contributed by atoms with van der Waals surface area (Å²) < 4.78 is 17.3. The zero-order valence-electron chi connectivity index (χ0n) is 15.5. The number of aromatic nitrogens is 1. The zero-order valence-corrected chi connectivity index (χ0v) is 15.5. The predicted molar refractivity (Wildman–Crippen MR) is 99.5 cm³/mol. The van der Waals surface area contributed by atoms with Crippen molar-refractivity contribution >= 4 is 22.7 Å². The number of ether oxygens (including phenoxy) is 2. The van der Waals surface area contributed by atoms with E-state index in [2.05, 4.69) is 21.2 Å². The van der Waals surface area contributed by atoms with Crippen LogP contribution >= 0.6 is 0 Å². The molecule has 2 aliphatic rings. The van der Waals surface area contributed by atoms with Crippen LogP contribution in [0.25, 0.3) is 16.8 Å². The lowest BCUT2D eigenvalue weighted by atomic mass is 10.3. The lowest BCUT2D eigenvalue weighted by Crippen LogP contribution is -2.39. The summed E-state index contributed by atoms with van der Waals surface area (Å²) in [7, 11) is 0. The van der Waals surface area contributed by atoms with E-state index in [-0.39, 0.29) is 18.2 Å². The Kier molecular flexibility index (Phi) is 5.00. The van der Waals surface area contributed by atoms with Crippen LogP contribution in [0.1, 0.15) is 32.6 Å². The van der Waals surface area contributed by atoms with E-state index in [1.807, 2.05) is 31.2 Å². The van der Waals surface area contributed by atoms with E-state index < -0.39 is 0 Å². The third-order valence-corrected chi connectivity index (χ3v) is 4.41. The van der Waals surface area contributed by atoms with Gasteiger partial charge in [-0.15, -0.1) is 0 Å². The summed E-state index contributed by atoms with van der Waals surface area (Å²) in [5, 5.41) is 2.78. The van der Waals surface area contributed by atoms with Crippen molar-refractivity contribution in [1.82, 2.24) is 21.2 Å². The van der Waals surface area contributed by atoms with Crippen LogP contribution in [0.4, 0.5) is 0 Å². The van der Waals surface area contributed by atoms with Crippen molar-refractivity contribution in [2.45, 2.75) is 39.0 Å². The summed E-state index contributed by atoms with van der Waals surface area (Å²) in [5.74, 6) is 1.93. The van der Waals surface area contributed by atoms with Crippen molar-refractivity contribution in [1.29, 1.82) is 0 Å². The van der Waals surface area contributed by atoms with E-state index in [0.717, 1.165) is 17.9 Å². The average Bonchev–Trinajstić information content (AvgIpc) is 3.17. The van der Waals surface area contributed by atoms with Crippen LogP contribution < -0.4 is 20.9 Å². The first kappa shape index (κ1) is 17.8. The fraction of sp³-hybridized carbons (Fsp3) is 0.474. The van der Waals surface area contributed by atoms with Gasteiger partial charge in [-0.05, 0) is 43.9 Å². The zero-order chi connectivity index (χ0) is 18.8. The molecule has 1 aliphatic heterocycles. The number of nitrogens with zero attached hydrogens (tertiary/aromatic N) is 1. The third kappa shape index (κ3) is 4.58. The maximum absolute atomic E-state index is 11.0. The molecule has 2 atom stereocenters. The quantitative estimate of drug-likeness (QED) is 0.651. The van der Waals surface area contributed by atoms with E-state index >= 15 is 0 Å². The van der Waals surface area contributed by atoms with Gasteiger partial charge in [-0.3, -0.25) is 4.79 Å². The summed E-state index contributed by atoms with van der Waals surface area (Å²) in [5.41, 5.74) is 8.20. The van der Waals surface area contributed by atoms with Gasteiger partial charge in [0, 0.05) is 19.0 Å². The molecule has 2 heterocycles. The molecule has 1 unspecified atom stereocenters. The number of oxazole rings is 1. The SMILES string of the molecule is CC(=O)N[C@@H](C)COC1C=C(c2nc3cc(OCC4CC4)ccc3o2)NN1. The minimum atomic E-state index is -0.330. The number of rotatable bonds is 8. The number of amides is 1. The van der Waals surface area contributed by atoms with Gasteiger partial charge in [-0.25, -0.2) is 10.4 Å². The van der Waals surface area contributed by atoms with E-state index in [0.29, 0.717) is 29.7 Å². The Labute approximate surface area is 157 Å². The second-order valence-corrected chi connectivity index (χ2v) is 7.11. The summed E-state index contributed by atoms with van der Waals surface area (Å²) in [6.45, 7) is 4.53. The second kappa shape index (κ2) is 7.58. The van der Waals surface area contributed by atoms with E-state index in [9.17, 15) is 4.79 Å². The minimum Gasteiger partial charge on any atom is -0.493 e. The Morgan fingerprint density at radius 3 is 3.07 bits per heavy atom. The molecule has 1 aromatic heterocycles. The van der Waals surface area contributed by atoms with Crippen molar-refractivity contribution in [3.63, 3.8) is 0 Å². The van der Waals surface area contributed by atoms with Gasteiger partial charge in [0.1, 0.15) is 23.2 Å². The van der Waals surface area contributed by atoms with Crippen LogP contribution in [0.3, 0.4) is 0 Å². The highest BCUT2D eigenvalue weighted by Gasteiger charge is 2.23. The van der Waals surface area contributed by atoms with Crippen molar-refractivity contribution in [2.24, 2.45) is 5.92 Å². The largest absolute Gasteiger partial charge is 0.493 e. The van der Waals surface area contributed by atoms with E-state index in [1.54, 1.807) is 0 Å². The van der Waals surface area contributed by atoms with Crippen molar-refractivity contribution in [3.05, 3.63) is 30.2 Å². The molecular weight excluding hydrogens is 348 g/mol. The number of fused-ring (bicyclic) bond motifs is 1. The van der Waals surface area contributed by atoms with Crippen LogP contribution in [0.2, 0.25) is 0 Å². The van der Waals surface area contributed by atoms with Gasteiger partial charge in [0.05, 0.1) is 13.2 Å². The maximum Gasteiger partial charge on any atom is 0.244 e. The highest BCUT2D eigenvalue weighted by atomic mass is 16.5. The molecule has 27 heavy (non-hydrogen) atoms. The van der Waals surface area contributed by atoms with Crippen LogP contribution in [0.5, 0.6) is 5.75 Å². The molecule has 0 bridgehead atoms. The summed E-state index contributed by atoms with van der Waals surface area (Å²) in [6, 6.07) is 5.61. The van der Waals surface area contributed by atoms with Gasteiger partial charge in [0.2, 0.25) is 11.8 Å². The topological polar surface area (TPSA) is 97.7 Å². The van der Waals surface area contributed by atoms with Crippen LogP contribution in [-0.4, -0.2) is 36.4 Å². The lowest BCUT2D eigenvalue weighted by Gasteiger charge is -2.15. The normalized spacial score (nSPS) is 20.2. The molecule has 0 radical (unpaired) electrons. The summed E-state index contributed by atoms with van der Waals surface area (Å²) >= 11 is 0. The van der Waals surface area contributed by atoms with Gasteiger partial charge in [0.15, 0.2) is 5.58 Å². The molecule has 3 N–H and O–H groups in total. The molecule has 144 valence electrons. The van der Waals surface area contributed by atoms with Gasteiger partial charge in [-0.1, -0.05) is 0 Å². The molecule has 0 spiro atoms. The number of carbonyl (C=O) groups excluding carboxylic acids is 1. The predicted octanol–water partition coefficient (Wildman–Crippen LogP) is 1.93. The number of carbonyl (C=O) groups is 1. The summed E-state index contributed by atoms with van der Waals surface area (Å²) in [6.07, 6.45) is 4.05. The van der Waals surface area contributed by atoms with Crippen LogP contribution in [0, 0.1) is 5.92 Å². The lowest BCUT2D eigenvalue weighted by molar-refractivity contribution is -0.120. The number of hydrogen-bond acceptors (Lipinski definition) is 7. The molecule has 1 aromatic carbocycles. The molecule has 8 heteroatoms. The molecule has 1 fully saturated rings. The fourth-order valence-corrected chi connectivity index (χ4v) is 2.85. The maximum atomic E-state index is 11.0. The molecule has 1 aliphatic carbocycles. The molecule has 4 rings (SSSR count). The number of hydrazine groups is 1. The van der Waals surface area contributed by atoms with E-state index in [4.69, 9.17) is 13.9 Å². The Hall–Kier alpha value is -2.58. The van der Waals surface area contributed by atoms with Gasteiger partial charge in [0.25, 0.3) is 0 Å². The van der Waals surface area contributed by atoms with Crippen LogP contribution in [-0.2, 0) is 9.53 Å². The van der Waals surface area contributed by atoms with Crippen molar-refractivity contribution < 1.29 is 18.7 Å². The monoisotopic (exact) mass is 372 g/mol. The highest BCUT2D eigenvalue weighted by molar-refractivity contribution is 5.77. The molecule has 1 saturated carbocycles. The summed E-state index contributed by atoms with van der Waals surface area (Å²) in [4.78, 5) is 15.6. The second-order valence-electron chi connectivity index (χ2n) is 7.11. The number of hydrogen-bond donors (Lipinski definition) is 3. The first-order chi connectivity index (χ1) is 13.1. The molecular formula is C19H24N4O4. The number of nitrogens with one attached hydrogen (secondary N) is 3. The highest BCUT2D eigenvalue weighted by Crippen LogP contribution is 2.30. The molecule has 8 nitrogen and oxygen atoms in total. The Morgan fingerprint density at radius 2 is 2.30 bits per heavy atom. The number of benzene rings is 1. The van der Waals surface area contributed by atoms with E-state index in [1.165, 1.54) is 19.8 Å². The first-order valence-corrected chi connectivity index (χ1v) is 9.22. The Bertz CT molecular complexity index is 859. The Balaban J connectivity index is 1.38. The van der Waals surface area contributed by atoms with Crippen molar-refractivity contribution in [2.75, 3.05) is 13.2 Å². The van der Waals surface area contributed by atoms with Gasteiger partial charge >= 0.3 is 0 Å². The smallest absolute Gasteiger partial charge is 0.244 e. The fourth-order valence-electron chi connectivity index (χ4n) is 2.85. The minimum absolute atomic E-state index is 0.0693. The molecule has 1 amide bonds. The molecule has 0 saturated heterocycles. The Morgan fingerprint density at radius 1 is 1.44 bits per heavy atom. The van der Waals surface area contributed by atoms with Gasteiger partial charge < -0.3 is 24.6 Å².